The molecule has 8 heteroatoms. The molecule has 0 amide bonds. The molecule has 2 aromatic rings. The van der Waals surface area contributed by atoms with E-state index in [1.54, 1.807) is 18.4 Å². The van der Waals surface area contributed by atoms with Gasteiger partial charge in [-0.25, -0.2) is 4.98 Å². The molecule has 1 aromatic heterocycles. The van der Waals surface area contributed by atoms with E-state index in [-0.39, 0.29) is 12.7 Å². The van der Waals surface area contributed by atoms with E-state index in [4.69, 9.17) is 14.4 Å². The number of nitrogens with one attached hydrogen (secondary N) is 2. The number of pyridine rings is 1. The number of carbonyl (C=O) groups is 1. The molecule has 1 saturated heterocycles. The van der Waals surface area contributed by atoms with E-state index in [2.05, 4.69) is 15.8 Å². The van der Waals surface area contributed by atoms with Crippen LogP contribution in [0.15, 0.2) is 48.7 Å². The minimum Gasteiger partial charge on any atom is -0.497 e. The summed E-state index contributed by atoms with van der Waals surface area (Å²) in [4.78, 5) is 27.6. The first-order valence-electron chi connectivity index (χ1n) is 10.3. The Labute approximate surface area is 177 Å². The third-order valence-electron chi connectivity index (χ3n) is 5.02. The maximum absolute atomic E-state index is 12.2. The van der Waals surface area contributed by atoms with Crippen molar-refractivity contribution in [1.82, 2.24) is 15.5 Å². The summed E-state index contributed by atoms with van der Waals surface area (Å²) in [6.07, 6.45) is 5.36. The molecule has 1 atom stereocenters. The average molecular weight is 415 g/mol. The van der Waals surface area contributed by atoms with Crippen LogP contribution in [-0.2, 0) is 20.1 Å². The largest absolute Gasteiger partial charge is 0.497 e. The van der Waals surface area contributed by atoms with E-state index in [9.17, 15) is 4.79 Å². The number of hydrogen-bond acceptors (Lipinski definition) is 8. The summed E-state index contributed by atoms with van der Waals surface area (Å²) in [6.45, 7) is 2.91. The fourth-order valence-corrected chi connectivity index (χ4v) is 3.43. The van der Waals surface area contributed by atoms with E-state index < -0.39 is 5.66 Å². The van der Waals surface area contributed by atoms with Gasteiger partial charge in [0.05, 0.1) is 7.11 Å². The van der Waals surface area contributed by atoms with Crippen LogP contribution in [0, 0.1) is 0 Å². The SMILES string of the molecule is CCCC(=O)ON1CONC1(CCCCNc1ccccn1)c1ccc(OC)cc1. The number of benzene rings is 1. The summed E-state index contributed by atoms with van der Waals surface area (Å²) in [5.74, 6) is 1.36. The van der Waals surface area contributed by atoms with Crippen molar-refractivity contribution in [2.24, 2.45) is 0 Å². The molecule has 2 heterocycles. The summed E-state index contributed by atoms with van der Waals surface area (Å²) in [5.41, 5.74) is 3.30. The minimum absolute atomic E-state index is 0.160. The standard InChI is InChI=1S/C22H30N4O4/c1-3-8-21(27)30-26-17-29-25-22(26,18-10-12-19(28-2)13-11-18)14-5-7-16-24-20-9-4-6-15-23-20/h4,6,9-13,15,25H,3,5,7-8,14,16-17H2,1-2H3,(H,23,24). The Morgan fingerprint density at radius 1 is 1.27 bits per heavy atom. The quantitative estimate of drug-likeness (QED) is 0.540. The summed E-state index contributed by atoms with van der Waals surface area (Å²) < 4.78 is 5.28. The molecule has 8 nitrogen and oxygen atoms in total. The van der Waals surface area contributed by atoms with Gasteiger partial charge < -0.3 is 14.9 Å². The molecule has 162 valence electrons. The number of anilines is 1. The fourth-order valence-electron chi connectivity index (χ4n) is 3.43. The number of rotatable bonds is 11. The fraction of sp³-hybridized carbons (Fsp3) is 0.455. The van der Waals surface area contributed by atoms with Crippen LogP contribution in [-0.4, -0.2) is 36.4 Å². The molecule has 1 aliphatic rings. The van der Waals surface area contributed by atoms with Crippen molar-refractivity contribution in [3.05, 3.63) is 54.2 Å². The molecule has 1 fully saturated rings. The summed E-state index contributed by atoms with van der Waals surface area (Å²) in [6, 6.07) is 13.5. The van der Waals surface area contributed by atoms with Crippen molar-refractivity contribution in [3.63, 3.8) is 0 Å². The van der Waals surface area contributed by atoms with Gasteiger partial charge in [0, 0.05) is 19.2 Å². The van der Waals surface area contributed by atoms with Gasteiger partial charge in [0.15, 0.2) is 12.4 Å². The Balaban J connectivity index is 1.67. The van der Waals surface area contributed by atoms with E-state index in [0.29, 0.717) is 12.8 Å². The van der Waals surface area contributed by atoms with E-state index in [0.717, 1.165) is 42.9 Å². The predicted octanol–water partition coefficient (Wildman–Crippen LogP) is 3.58. The molecule has 0 saturated carbocycles. The zero-order valence-electron chi connectivity index (χ0n) is 17.6. The number of unbranched alkanes of at least 4 members (excludes halogenated alkanes) is 1. The molecule has 2 N–H and O–H groups in total. The Morgan fingerprint density at radius 2 is 2.10 bits per heavy atom. The highest BCUT2D eigenvalue weighted by Crippen LogP contribution is 2.36. The highest BCUT2D eigenvalue weighted by Gasteiger charge is 2.46. The molecule has 0 aliphatic carbocycles. The zero-order chi connectivity index (χ0) is 21.2. The van der Waals surface area contributed by atoms with Crippen LogP contribution in [0.5, 0.6) is 5.75 Å². The lowest BCUT2D eigenvalue weighted by atomic mass is 9.94. The molecule has 0 bridgehead atoms. The molecule has 30 heavy (non-hydrogen) atoms. The van der Waals surface area contributed by atoms with E-state index in [1.807, 2.05) is 49.4 Å². The molecular formula is C22H30N4O4. The highest BCUT2D eigenvalue weighted by molar-refractivity contribution is 5.69. The second-order valence-electron chi connectivity index (χ2n) is 7.15. The van der Waals surface area contributed by atoms with Crippen molar-refractivity contribution in [2.45, 2.75) is 44.7 Å². The van der Waals surface area contributed by atoms with Crippen molar-refractivity contribution >= 4 is 11.8 Å². The molecule has 3 rings (SSSR count). The average Bonchev–Trinajstić information content (AvgIpc) is 3.17. The van der Waals surface area contributed by atoms with Crippen LogP contribution in [0.25, 0.3) is 0 Å². The molecule has 0 spiro atoms. The van der Waals surface area contributed by atoms with Crippen LogP contribution >= 0.6 is 0 Å². The lowest BCUT2D eigenvalue weighted by Gasteiger charge is -2.35. The summed E-state index contributed by atoms with van der Waals surface area (Å²) >= 11 is 0. The number of hydroxylamine groups is 3. The van der Waals surface area contributed by atoms with Crippen LogP contribution < -0.4 is 15.5 Å². The van der Waals surface area contributed by atoms with Crippen molar-refractivity contribution in [1.29, 1.82) is 0 Å². The number of carbonyl (C=O) groups excluding carboxylic acids is 1. The number of ether oxygens (including phenoxy) is 1. The van der Waals surface area contributed by atoms with Crippen molar-refractivity contribution in [2.75, 3.05) is 25.7 Å². The van der Waals surface area contributed by atoms with Gasteiger partial charge in [0.25, 0.3) is 0 Å². The summed E-state index contributed by atoms with van der Waals surface area (Å²) in [7, 11) is 1.63. The highest BCUT2D eigenvalue weighted by atomic mass is 16.8. The van der Waals surface area contributed by atoms with Gasteiger partial charge in [-0.1, -0.05) is 30.2 Å². The van der Waals surface area contributed by atoms with Crippen molar-refractivity contribution < 1.29 is 19.2 Å². The van der Waals surface area contributed by atoms with Gasteiger partial charge in [-0.3, -0.25) is 9.63 Å². The molecule has 1 unspecified atom stereocenters. The normalized spacial score (nSPS) is 18.9. The number of nitrogens with zero attached hydrogens (tertiary/aromatic N) is 2. The van der Waals surface area contributed by atoms with Crippen LogP contribution in [0.1, 0.15) is 44.6 Å². The third kappa shape index (κ3) is 5.47. The second kappa shape index (κ2) is 10.9. The van der Waals surface area contributed by atoms with Crippen LogP contribution in [0.2, 0.25) is 0 Å². The lowest BCUT2D eigenvalue weighted by molar-refractivity contribution is -0.220. The van der Waals surface area contributed by atoms with E-state index in [1.165, 1.54) is 0 Å². The molecule has 1 aliphatic heterocycles. The monoisotopic (exact) mass is 414 g/mol. The Kier molecular flexibility index (Phi) is 8.01. The number of methoxy groups -OCH3 is 1. The van der Waals surface area contributed by atoms with Gasteiger partial charge in [0.1, 0.15) is 11.6 Å². The molecular weight excluding hydrogens is 384 g/mol. The Bertz CT molecular complexity index is 787. The Morgan fingerprint density at radius 3 is 2.80 bits per heavy atom. The smallest absolute Gasteiger partial charge is 0.325 e. The van der Waals surface area contributed by atoms with Gasteiger partial charge in [-0.05, 0) is 55.5 Å². The van der Waals surface area contributed by atoms with Gasteiger partial charge >= 0.3 is 5.97 Å². The first-order chi connectivity index (χ1) is 14.7. The lowest BCUT2D eigenvalue weighted by Crippen LogP contribution is -2.49. The van der Waals surface area contributed by atoms with E-state index >= 15 is 0 Å². The zero-order valence-corrected chi connectivity index (χ0v) is 17.6. The maximum Gasteiger partial charge on any atom is 0.325 e. The number of aromatic nitrogens is 1. The number of hydrogen-bond donors (Lipinski definition) is 2. The van der Waals surface area contributed by atoms with Crippen LogP contribution in [0.3, 0.4) is 0 Å². The van der Waals surface area contributed by atoms with Gasteiger partial charge in [0.2, 0.25) is 0 Å². The molecule has 0 radical (unpaired) electrons. The van der Waals surface area contributed by atoms with Crippen molar-refractivity contribution in [3.8, 4) is 5.75 Å². The van der Waals surface area contributed by atoms with Crippen LogP contribution in [0.4, 0.5) is 5.82 Å². The topological polar surface area (TPSA) is 85.0 Å². The summed E-state index contributed by atoms with van der Waals surface area (Å²) in [5, 5.41) is 4.93. The molecule has 1 aromatic carbocycles. The minimum atomic E-state index is -0.749. The van der Waals surface area contributed by atoms with Gasteiger partial charge in [-0.2, -0.15) is 5.48 Å². The van der Waals surface area contributed by atoms with Gasteiger partial charge in [-0.15, -0.1) is 0 Å². The first kappa shape index (κ1) is 22.0. The third-order valence-corrected chi connectivity index (χ3v) is 5.02. The maximum atomic E-state index is 12.2. The first-order valence-corrected chi connectivity index (χ1v) is 10.3. The Hall–Kier alpha value is -2.68. The second-order valence-corrected chi connectivity index (χ2v) is 7.15. The predicted molar refractivity (Wildman–Crippen MR) is 113 cm³/mol.